The maximum atomic E-state index is 4.31. The molecule has 0 aliphatic rings. The number of nitrogens with zero attached hydrogens (tertiary/aromatic N) is 2. The van der Waals surface area contributed by atoms with E-state index in [1.807, 2.05) is 12.1 Å². The van der Waals surface area contributed by atoms with Crippen molar-refractivity contribution in [3.63, 3.8) is 0 Å². The van der Waals surface area contributed by atoms with Crippen molar-refractivity contribution < 1.29 is 1.43 Å². The van der Waals surface area contributed by atoms with Gasteiger partial charge in [-0.15, -0.1) is 0 Å². The lowest BCUT2D eigenvalue weighted by Gasteiger charge is -1.92. The summed E-state index contributed by atoms with van der Waals surface area (Å²) in [6.07, 6.45) is 2.62. The first-order valence-corrected chi connectivity index (χ1v) is 3.69. The molecule has 0 saturated heterocycles. The number of aryl methyl sites for hydroxylation is 1. The minimum absolute atomic E-state index is 0. The zero-order chi connectivity index (χ0) is 7.68. The Morgan fingerprint density at radius 1 is 1.55 bits per heavy atom. The van der Waals surface area contributed by atoms with Gasteiger partial charge in [0.15, 0.2) is 5.65 Å². The predicted octanol–water partition coefficient (Wildman–Crippen LogP) is 1.77. The summed E-state index contributed by atoms with van der Waals surface area (Å²) in [5.74, 6) is 0. The van der Waals surface area contributed by atoms with Gasteiger partial charge < -0.3 is 4.98 Å². The fraction of sp³-hybridized carbons (Fsp3) is 0.250. The van der Waals surface area contributed by atoms with Crippen LogP contribution in [0, 0.1) is 0 Å². The van der Waals surface area contributed by atoms with Crippen LogP contribution in [-0.4, -0.2) is 15.0 Å². The highest BCUT2D eigenvalue weighted by Gasteiger charge is 1.96. The van der Waals surface area contributed by atoms with E-state index in [9.17, 15) is 0 Å². The number of imidazole rings is 1. The first-order chi connectivity index (χ1) is 5.40. The Kier molecular flexibility index (Phi) is 1.35. The molecule has 58 valence electrons. The average Bonchev–Trinajstić information content (AvgIpc) is 2.50. The summed E-state index contributed by atoms with van der Waals surface area (Å²) in [4.78, 5) is 11.4. The molecule has 0 aliphatic heterocycles. The Balaban J connectivity index is 0.000000720. The Hall–Kier alpha value is -1.38. The molecule has 0 amide bonds. The van der Waals surface area contributed by atoms with Crippen LogP contribution in [0.3, 0.4) is 0 Å². The molecular weight excluding hydrogens is 138 g/mol. The molecule has 2 aromatic heterocycles. The number of aromatic amines is 1. The van der Waals surface area contributed by atoms with Gasteiger partial charge in [-0.1, -0.05) is 6.92 Å². The van der Waals surface area contributed by atoms with Crippen molar-refractivity contribution in [1.82, 2.24) is 15.0 Å². The topological polar surface area (TPSA) is 41.6 Å². The Labute approximate surface area is 66.0 Å². The van der Waals surface area contributed by atoms with Crippen LogP contribution >= 0.6 is 0 Å². The van der Waals surface area contributed by atoms with Gasteiger partial charge in [-0.2, -0.15) is 0 Å². The van der Waals surface area contributed by atoms with Gasteiger partial charge in [0.2, 0.25) is 0 Å². The van der Waals surface area contributed by atoms with Gasteiger partial charge in [-0.3, -0.25) is 0 Å². The van der Waals surface area contributed by atoms with E-state index in [4.69, 9.17) is 0 Å². The summed E-state index contributed by atoms with van der Waals surface area (Å²) < 4.78 is 0. The summed E-state index contributed by atoms with van der Waals surface area (Å²) in [6, 6.07) is 4.02. The van der Waals surface area contributed by atoms with Crippen molar-refractivity contribution in [2.75, 3.05) is 0 Å². The number of aromatic nitrogens is 3. The fourth-order valence-corrected chi connectivity index (χ4v) is 1.06. The maximum Gasteiger partial charge on any atom is 0.177 e. The molecule has 0 atom stereocenters. The summed E-state index contributed by atoms with van der Waals surface area (Å²) in [5, 5.41) is 0. The van der Waals surface area contributed by atoms with E-state index < -0.39 is 0 Å². The van der Waals surface area contributed by atoms with E-state index in [1.165, 1.54) is 0 Å². The number of H-pyrrole nitrogens is 1. The highest BCUT2D eigenvalue weighted by Crippen LogP contribution is 2.06. The standard InChI is InChI=1S/C8H9N3.H2/c1-2-6-3-4-7-8(11-6)10-5-9-7;/h3-5H,2H2,1H3,(H,9,10,11);1H. The molecule has 0 aliphatic carbocycles. The highest BCUT2D eigenvalue weighted by atomic mass is 14.9. The zero-order valence-corrected chi connectivity index (χ0v) is 6.33. The number of pyridine rings is 1. The molecule has 0 spiro atoms. The minimum Gasteiger partial charge on any atom is -0.343 e. The van der Waals surface area contributed by atoms with Crippen molar-refractivity contribution in [3.8, 4) is 0 Å². The highest BCUT2D eigenvalue weighted by molar-refractivity contribution is 5.69. The second-order valence-corrected chi connectivity index (χ2v) is 2.43. The van der Waals surface area contributed by atoms with E-state index in [1.54, 1.807) is 6.33 Å². The molecule has 3 nitrogen and oxygen atoms in total. The van der Waals surface area contributed by atoms with E-state index in [0.29, 0.717) is 0 Å². The summed E-state index contributed by atoms with van der Waals surface area (Å²) in [6.45, 7) is 2.08. The lowest BCUT2D eigenvalue weighted by molar-refractivity contribution is 1.05. The van der Waals surface area contributed by atoms with Crippen LogP contribution in [0.15, 0.2) is 18.5 Å². The van der Waals surface area contributed by atoms with Gasteiger partial charge in [-0.25, -0.2) is 9.97 Å². The minimum atomic E-state index is 0. The van der Waals surface area contributed by atoms with Gasteiger partial charge in [0, 0.05) is 7.12 Å². The van der Waals surface area contributed by atoms with Crippen molar-refractivity contribution in [2.24, 2.45) is 0 Å². The third kappa shape index (κ3) is 0.981. The van der Waals surface area contributed by atoms with Crippen LogP contribution in [0.2, 0.25) is 0 Å². The van der Waals surface area contributed by atoms with Crippen LogP contribution in [0.1, 0.15) is 14.0 Å². The largest absolute Gasteiger partial charge is 0.343 e. The van der Waals surface area contributed by atoms with Crippen LogP contribution < -0.4 is 0 Å². The first-order valence-electron chi connectivity index (χ1n) is 3.69. The van der Waals surface area contributed by atoms with E-state index in [2.05, 4.69) is 21.9 Å². The van der Waals surface area contributed by atoms with Crippen LogP contribution in [0.25, 0.3) is 11.2 Å². The third-order valence-corrected chi connectivity index (χ3v) is 1.70. The Morgan fingerprint density at radius 2 is 2.45 bits per heavy atom. The molecule has 0 aromatic carbocycles. The van der Waals surface area contributed by atoms with Crippen LogP contribution in [0.4, 0.5) is 0 Å². The van der Waals surface area contributed by atoms with Gasteiger partial charge in [0.25, 0.3) is 0 Å². The van der Waals surface area contributed by atoms with Gasteiger partial charge in [0.05, 0.1) is 11.8 Å². The smallest absolute Gasteiger partial charge is 0.177 e. The zero-order valence-electron chi connectivity index (χ0n) is 6.33. The SMILES string of the molecule is CCc1ccc2[nH]cnc2n1.[HH]. The molecule has 2 aromatic rings. The van der Waals surface area contributed by atoms with E-state index in [0.717, 1.165) is 23.3 Å². The second kappa shape index (κ2) is 2.34. The van der Waals surface area contributed by atoms with Crippen molar-refractivity contribution >= 4 is 11.2 Å². The summed E-state index contributed by atoms with van der Waals surface area (Å²) >= 11 is 0. The Morgan fingerprint density at radius 3 is 3.27 bits per heavy atom. The van der Waals surface area contributed by atoms with Crippen LogP contribution in [0.5, 0.6) is 0 Å². The number of fused-ring (bicyclic) bond motifs is 1. The summed E-state index contributed by atoms with van der Waals surface area (Å²) in [7, 11) is 0. The number of rotatable bonds is 1. The van der Waals surface area contributed by atoms with Crippen molar-refractivity contribution in [3.05, 3.63) is 24.2 Å². The lowest BCUT2D eigenvalue weighted by atomic mass is 10.3. The fourth-order valence-electron chi connectivity index (χ4n) is 1.06. The molecule has 0 bridgehead atoms. The van der Waals surface area contributed by atoms with E-state index >= 15 is 0 Å². The molecule has 1 N–H and O–H groups in total. The molecular formula is C8H11N3. The molecule has 0 radical (unpaired) electrons. The number of nitrogens with one attached hydrogen (secondary N) is 1. The number of hydrogen-bond acceptors (Lipinski definition) is 2. The molecule has 2 heterocycles. The van der Waals surface area contributed by atoms with Gasteiger partial charge >= 0.3 is 0 Å². The molecule has 0 unspecified atom stereocenters. The molecule has 2 rings (SSSR count). The quantitative estimate of drug-likeness (QED) is 0.671. The third-order valence-electron chi connectivity index (χ3n) is 1.70. The van der Waals surface area contributed by atoms with Crippen LogP contribution in [-0.2, 0) is 6.42 Å². The van der Waals surface area contributed by atoms with E-state index in [-0.39, 0.29) is 1.43 Å². The van der Waals surface area contributed by atoms with Gasteiger partial charge in [-0.05, 0) is 18.6 Å². The maximum absolute atomic E-state index is 4.31. The molecule has 0 saturated carbocycles. The number of hydrogen-bond donors (Lipinski definition) is 1. The average molecular weight is 149 g/mol. The Bertz CT molecular complexity index is 369. The first kappa shape index (κ1) is 6.34. The lowest BCUT2D eigenvalue weighted by Crippen LogP contribution is -1.85. The van der Waals surface area contributed by atoms with Crippen molar-refractivity contribution in [2.45, 2.75) is 13.3 Å². The monoisotopic (exact) mass is 149 g/mol. The molecule has 3 heteroatoms. The predicted molar refractivity (Wildman–Crippen MR) is 45.4 cm³/mol. The van der Waals surface area contributed by atoms with Crippen molar-refractivity contribution in [1.29, 1.82) is 0 Å². The second-order valence-electron chi connectivity index (χ2n) is 2.43. The molecule has 11 heavy (non-hydrogen) atoms. The molecule has 0 fully saturated rings. The summed E-state index contributed by atoms with van der Waals surface area (Å²) in [5.41, 5.74) is 2.90. The normalized spacial score (nSPS) is 10.6. The van der Waals surface area contributed by atoms with Gasteiger partial charge in [0.1, 0.15) is 0 Å².